The van der Waals surface area contributed by atoms with Crippen LogP contribution in [-0.2, 0) is 16.9 Å². The molecule has 2 unspecified atom stereocenters. The molecule has 0 aromatic heterocycles. The molecular formula is C25H27NO5. The third-order valence-corrected chi connectivity index (χ3v) is 7.38. The van der Waals surface area contributed by atoms with Crippen molar-refractivity contribution in [3.8, 4) is 23.0 Å². The zero-order valence-corrected chi connectivity index (χ0v) is 18.4. The lowest BCUT2D eigenvalue weighted by Gasteiger charge is -2.38. The van der Waals surface area contributed by atoms with Crippen molar-refractivity contribution < 1.29 is 23.7 Å². The molecule has 2 saturated heterocycles. The second-order valence-corrected chi connectivity index (χ2v) is 8.67. The van der Waals surface area contributed by atoms with Crippen LogP contribution in [0, 0.1) is 0 Å². The summed E-state index contributed by atoms with van der Waals surface area (Å²) in [5, 5.41) is 4.61. The van der Waals surface area contributed by atoms with E-state index in [0.717, 1.165) is 53.5 Å². The van der Waals surface area contributed by atoms with Crippen molar-refractivity contribution in [1.29, 1.82) is 0 Å². The fourth-order valence-corrected chi connectivity index (χ4v) is 5.93. The van der Waals surface area contributed by atoms with E-state index in [9.17, 15) is 0 Å². The third-order valence-electron chi connectivity index (χ3n) is 7.38. The highest BCUT2D eigenvalue weighted by atomic mass is 16.6. The Balaban J connectivity index is 1.78. The molecule has 6 rings (SSSR count). The summed E-state index contributed by atoms with van der Waals surface area (Å²) >= 11 is 0. The number of epoxide rings is 1. The zero-order valence-electron chi connectivity index (χ0n) is 18.4. The highest BCUT2D eigenvalue weighted by molar-refractivity contribution is 6.13. The van der Waals surface area contributed by atoms with E-state index in [2.05, 4.69) is 29.2 Å². The normalized spacial score (nSPS) is 24.3. The van der Waals surface area contributed by atoms with Crippen molar-refractivity contribution in [3.05, 3.63) is 35.4 Å². The van der Waals surface area contributed by atoms with Crippen LogP contribution in [0.4, 0.5) is 0 Å². The van der Waals surface area contributed by atoms with E-state index in [1.165, 1.54) is 34.7 Å². The van der Waals surface area contributed by atoms with Gasteiger partial charge in [-0.1, -0.05) is 0 Å². The topological polar surface area (TPSA) is 52.7 Å². The first-order valence-electron chi connectivity index (χ1n) is 10.8. The summed E-state index contributed by atoms with van der Waals surface area (Å²) in [5.41, 5.74) is 2.40. The van der Waals surface area contributed by atoms with Crippen LogP contribution in [-0.4, -0.2) is 52.5 Å². The van der Waals surface area contributed by atoms with Gasteiger partial charge in [-0.25, -0.2) is 0 Å². The molecule has 3 heterocycles. The second-order valence-electron chi connectivity index (χ2n) is 8.67. The van der Waals surface area contributed by atoms with E-state index in [1.54, 1.807) is 28.4 Å². The molecule has 31 heavy (non-hydrogen) atoms. The average molecular weight is 421 g/mol. The van der Waals surface area contributed by atoms with Crippen LogP contribution < -0.4 is 18.9 Å². The molecule has 3 aromatic carbocycles. The summed E-state index contributed by atoms with van der Waals surface area (Å²) in [6.07, 6.45) is 2.39. The van der Waals surface area contributed by atoms with Gasteiger partial charge in [0, 0.05) is 18.2 Å². The number of ether oxygens (including phenoxy) is 5. The van der Waals surface area contributed by atoms with E-state index in [0.29, 0.717) is 6.04 Å². The maximum atomic E-state index is 6.30. The number of fused-ring (bicyclic) bond motifs is 9. The number of rotatable bonds is 4. The smallest absolute Gasteiger partial charge is 0.161 e. The van der Waals surface area contributed by atoms with Crippen molar-refractivity contribution in [3.63, 3.8) is 0 Å². The van der Waals surface area contributed by atoms with E-state index >= 15 is 0 Å². The minimum absolute atomic E-state index is 0.233. The summed E-state index contributed by atoms with van der Waals surface area (Å²) in [6.45, 7) is 2.80. The van der Waals surface area contributed by atoms with Gasteiger partial charge in [0.15, 0.2) is 23.0 Å². The number of nitrogens with zero attached hydrogens (tertiary/aromatic N) is 1. The lowest BCUT2D eigenvalue weighted by atomic mass is 9.78. The Labute approximate surface area is 181 Å². The van der Waals surface area contributed by atoms with Crippen LogP contribution in [0.25, 0.3) is 21.5 Å². The molecule has 2 fully saturated rings. The van der Waals surface area contributed by atoms with Crippen LogP contribution in [0.3, 0.4) is 0 Å². The van der Waals surface area contributed by atoms with Gasteiger partial charge in [-0.2, -0.15) is 0 Å². The molecule has 3 aromatic rings. The predicted octanol–water partition coefficient (Wildman–Crippen LogP) is 4.23. The van der Waals surface area contributed by atoms with Gasteiger partial charge >= 0.3 is 0 Å². The van der Waals surface area contributed by atoms with Gasteiger partial charge in [-0.05, 0) is 70.8 Å². The maximum Gasteiger partial charge on any atom is 0.161 e. The summed E-state index contributed by atoms with van der Waals surface area (Å²) < 4.78 is 28.9. The van der Waals surface area contributed by atoms with Gasteiger partial charge in [0.05, 0.1) is 35.0 Å². The van der Waals surface area contributed by atoms with Gasteiger partial charge in [0.2, 0.25) is 0 Å². The first kappa shape index (κ1) is 19.0. The van der Waals surface area contributed by atoms with Gasteiger partial charge in [-0.3, -0.25) is 4.90 Å². The van der Waals surface area contributed by atoms with Crippen molar-refractivity contribution in [1.82, 2.24) is 4.90 Å². The van der Waals surface area contributed by atoms with Crippen molar-refractivity contribution >= 4 is 21.5 Å². The number of hydrogen-bond acceptors (Lipinski definition) is 6. The number of methoxy groups -OCH3 is 4. The Morgan fingerprint density at radius 2 is 1.32 bits per heavy atom. The molecule has 6 nitrogen and oxygen atoms in total. The van der Waals surface area contributed by atoms with Crippen LogP contribution in [0.1, 0.15) is 24.0 Å². The van der Waals surface area contributed by atoms with Gasteiger partial charge in [0.25, 0.3) is 0 Å². The molecule has 0 aliphatic carbocycles. The Kier molecular flexibility index (Phi) is 4.08. The Bertz CT molecular complexity index is 1220. The molecule has 2 atom stereocenters. The van der Waals surface area contributed by atoms with Crippen LogP contribution in [0.5, 0.6) is 23.0 Å². The monoisotopic (exact) mass is 421 g/mol. The minimum atomic E-state index is -0.233. The Morgan fingerprint density at radius 1 is 0.806 bits per heavy atom. The highest BCUT2D eigenvalue weighted by Crippen LogP contribution is 2.57. The molecule has 6 heteroatoms. The van der Waals surface area contributed by atoms with E-state index < -0.39 is 0 Å². The fourth-order valence-electron chi connectivity index (χ4n) is 5.93. The lowest BCUT2D eigenvalue weighted by molar-refractivity contribution is 0.120. The van der Waals surface area contributed by atoms with Gasteiger partial charge in [-0.15, -0.1) is 0 Å². The fraction of sp³-hybridized carbons (Fsp3) is 0.440. The Hall–Kier alpha value is -2.70. The predicted molar refractivity (Wildman–Crippen MR) is 119 cm³/mol. The summed E-state index contributed by atoms with van der Waals surface area (Å²) in [6, 6.07) is 8.85. The summed E-state index contributed by atoms with van der Waals surface area (Å²) in [7, 11) is 6.73. The van der Waals surface area contributed by atoms with Gasteiger partial charge < -0.3 is 23.7 Å². The van der Waals surface area contributed by atoms with Gasteiger partial charge in [0.1, 0.15) is 5.60 Å². The zero-order chi connectivity index (χ0) is 21.3. The minimum Gasteiger partial charge on any atom is -0.493 e. The van der Waals surface area contributed by atoms with Crippen LogP contribution in [0.15, 0.2) is 24.3 Å². The molecule has 0 radical (unpaired) electrons. The second kappa shape index (κ2) is 6.65. The quantitative estimate of drug-likeness (QED) is 0.464. The Morgan fingerprint density at radius 3 is 1.87 bits per heavy atom. The first-order chi connectivity index (χ1) is 15.1. The molecular weight excluding hydrogens is 394 g/mol. The molecule has 162 valence electrons. The van der Waals surface area contributed by atoms with Crippen molar-refractivity contribution in [2.75, 3.05) is 41.6 Å². The van der Waals surface area contributed by atoms with Crippen LogP contribution >= 0.6 is 0 Å². The largest absolute Gasteiger partial charge is 0.493 e. The van der Waals surface area contributed by atoms with E-state index in [-0.39, 0.29) is 5.60 Å². The molecule has 0 N–H and O–H groups in total. The average Bonchev–Trinajstić information content (AvgIpc) is 3.43. The number of benzene rings is 3. The molecule has 0 bridgehead atoms. The van der Waals surface area contributed by atoms with Crippen LogP contribution in [0.2, 0.25) is 0 Å². The van der Waals surface area contributed by atoms with E-state index in [1.807, 2.05) is 0 Å². The standard InChI is InChI=1S/C25H27NO5/c1-27-19-8-14-15-9-20(28-2)22(30-4)11-17(15)24-18(16(14)10-21(19)29-3)12-26-7-5-6-23(26)25(24)13-31-25/h8-11,23H,5-7,12-13H2,1-4H3. The van der Waals surface area contributed by atoms with E-state index in [4.69, 9.17) is 23.7 Å². The molecule has 0 amide bonds. The third kappa shape index (κ3) is 2.46. The first-order valence-corrected chi connectivity index (χ1v) is 10.8. The highest BCUT2D eigenvalue weighted by Gasteiger charge is 2.60. The molecule has 1 spiro atoms. The summed E-state index contributed by atoms with van der Waals surface area (Å²) in [5.74, 6) is 2.92. The van der Waals surface area contributed by atoms with Crippen molar-refractivity contribution in [2.45, 2.75) is 31.0 Å². The summed E-state index contributed by atoms with van der Waals surface area (Å²) in [4.78, 5) is 2.60. The van der Waals surface area contributed by atoms with Crippen molar-refractivity contribution in [2.24, 2.45) is 0 Å². The molecule has 3 aliphatic rings. The lowest BCUT2D eigenvalue weighted by Crippen LogP contribution is -2.44. The maximum absolute atomic E-state index is 6.30. The molecule has 3 aliphatic heterocycles. The number of hydrogen-bond donors (Lipinski definition) is 0. The molecule has 0 saturated carbocycles. The SMILES string of the molecule is COc1cc2c3c(c4cc(OC)c(OC)cc4c2cc1OC)C1(CO1)C1CCCN1C3.